The molecule has 3 aromatic rings. The lowest BCUT2D eigenvalue weighted by atomic mass is 9.84. The Morgan fingerprint density at radius 3 is 2.70 bits per heavy atom. The van der Waals surface area contributed by atoms with E-state index in [1.165, 1.54) is 26.4 Å². The van der Waals surface area contributed by atoms with Gasteiger partial charge in [-0.2, -0.15) is 0 Å². The molecule has 11 heteroatoms. The number of carbonyl (C=O) groups is 3. The van der Waals surface area contributed by atoms with Crippen LogP contribution in [0.3, 0.4) is 0 Å². The first kappa shape index (κ1) is 33.5. The van der Waals surface area contributed by atoms with Gasteiger partial charge in [-0.1, -0.05) is 24.6 Å². The van der Waals surface area contributed by atoms with Crippen LogP contribution < -0.4 is 14.8 Å². The van der Waals surface area contributed by atoms with Crippen molar-refractivity contribution in [2.75, 3.05) is 26.8 Å². The van der Waals surface area contributed by atoms with Crippen LogP contribution in [0.1, 0.15) is 54.6 Å². The van der Waals surface area contributed by atoms with Crippen LogP contribution in [-0.2, 0) is 16.0 Å². The topological polar surface area (TPSA) is 141 Å². The highest BCUT2D eigenvalue weighted by atomic mass is 127. The number of nitrogens with zero attached hydrogens (tertiary/aromatic N) is 1. The third-order valence-electron chi connectivity index (χ3n) is 10.1. The van der Waals surface area contributed by atoms with Gasteiger partial charge in [0.15, 0.2) is 11.5 Å². The maximum atomic E-state index is 14.3. The summed E-state index contributed by atoms with van der Waals surface area (Å²) in [6.07, 6.45) is 5.90. The van der Waals surface area contributed by atoms with Gasteiger partial charge in [0.25, 0.3) is 0 Å². The number of methoxy groups -OCH3 is 1. The first-order valence-corrected chi connectivity index (χ1v) is 17.5. The molecule has 2 saturated carbocycles. The number of rotatable bonds is 13. The average molecular weight is 756 g/mol. The second kappa shape index (κ2) is 14.8. The molecular weight excluding hydrogens is 713 g/mol. The third-order valence-corrected chi connectivity index (χ3v) is 10.9. The minimum absolute atomic E-state index is 0.0269. The second-order valence-corrected chi connectivity index (χ2v) is 14.2. The van der Waals surface area contributed by atoms with Crippen LogP contribution in [0.25, 0.3) is 10.9 Å². The van der Waals surface area contributed by atoms with Gasteiger partial charge in [-0.15, -0.1) is 0 Å². The molecule has 4 N–H and O–H groups in total. The number of H-pyrrole nitrogens is 1. The third kappa shape index (κ3) is 7.36. The quantitative estimate of drug-likeness (QED) is 0.150. The molecule has 0 spiro atoms. The zero-order valence-electron chi connectivity index (χ0n) is 26.5. The molecule has 250 valence electrons. The van der Waals surface area contributed by atoms with E-state index in [9.17, 15) is 24.6 Å². The van der Waals surface area contributed by atoms with Crippen LogP contribution in [0.4, 0.5) is 0 Å². The van der Waals surface area contributed by atoms with Gasteiger partial charge in [-0.25, -0.2) is 0 Å². The van der Waals surface area contributed by atoms with Crippen molar-refractivity contribution in [2.45, 2.75) is 63.2 Å². The summed E-state index contributed by atoms with van der Waals surface area (Å²) in [4.78, 5) is 44.3. The molecule has 0 aliphatic heterocycles. The Morgan fingerprint density at radius 1 is 1.17 bits per heavy atom. The largest absolute Gasteiger partial charge is 0.493 e. The molecule has 2 amide bonds. The molecular formula is C36H42IN3O7. The van der Waals surface area contributed by atoms with Crippen LogP contribution in [-0.4, -0.2) is 83.3 Å². The highest BCUT2D eigenvalue weighted by Gasteiger charge is 2.44. The first-order valence-electron chi connectivity index (χ1n) is 16.4. The fraction of sp³-hybridized carbons (Fsp3) is 0.472. The van der Waals surface area contributed by atoms with Crippen molar-refractivity contribution in [1.82, 2.24) is 15.2 Å². The maximum absolute atomic E-state index is 14.3. The summed E-state index contributed by atoms with van der Waals surface area (Å²) >= 11 is 2.05. The van der Waals surface area contributed by atoms with Gasteiger partial charge in [0, 0.05) is 54.7 Å². The van der Waals surface area contributed by atoms with Gasteiger partial charge in [-0.3, -0.25) is 14.4 Å². The molecule has 10 nitrogen and oxygen atoms in total. The van der Waals surface area contributed by atoms with Crippen LogP contribution >= 0.6 is 22.6 Å². The number of aliphatic hydroxyl groups excluding tert-OH is 2. The number of amides is 2. The summed E-state index contributed by atoms with van der Waals surface area (Å²) in [7, 11) is 1.47. The fourth-order valence-electron chi connectivity index (χ4n) is 7.79. The smallest absolute Gasteiger partial charge is 0.247 e. The standard InChI is InChI=1S/C36H42IN3O7/c1-46-32-15-22(20-42)14-28(37)35(32)47-31-18-26(36(45)38-9-11-41)17-30(34(31)44)40(33(43)19-25-13-21-6-7-23(25)12-21)10-8-27-16-24-4-2-3-5-29(24)39-27/h2-5,14-16,18,20-21,23,25,30-31,34,39,41,44H,6-13,17,19H2,1H3,(H,38,45). The molecule has 0 saturated heterocycles. The monoisotopic (exact) mass is 755 g/mol. The SMILES string of the molecule is COc1cc(C=O)cc(I)c1OC1C=C(C(=O)NCCO)CC(N(CCc2cc3ccccc3[nH]2)C(=O)CC2CC3CCC2C3)C1O. The van der Waals surface area contributed by atoms with Crippen LogP contribution in [0.5, 0.6) is 11.5 Å². The van der Waals surface area contributed by atoms with Crippen molar-refractivity contribution in [3.05, 3.63) is 68.9 Å². The Labute approximate surface area is 288 Å². The number of para-hydroxylation sites is 1. The highest BCUT2D eigenvalue weighted by Crippen LogP contribution is 2.50. The van der Waals surface area contributed by atoms with Crippen molar-refractivity contribution in [2.24, 2.45) is 17.8 Å². The number of aliphatic hydroxyl groups is 2. The number of ether oxygens (including phenoxy) is 2. The fourth-order valence-corrected chi connectivity index (χ4v) is 8.54. The molecule has 3 aliphatic rings. The number of aromatic amines is 1. The zero-order valence-corrected chi connectivity index (χ0v) is 28.6. The Morgan fingerprint density at radius 2 is 2.00 bits per heavy atom. The number of benzene rings is 2. The summed E-state index contributed by atoms with van der Waals surface area (Å²) in [6, 6.07) is 12.6. The summed E-state index contributed by atoms with van der Waals surface area (Å²) in [5.41, 5.74) is 2.77. The number of aromatic nitrogens is 1. The number of hydrogen-bond acceptors (Lipinski definition) is 7. The molecule has 6 rings (SSSR count). The molecule has 6 unspecified atom stereocenters. The van der Waals surface area contributed by atoms with E-state index in [0.29, 0.717) is 63.3 Å². The van der Waals surface area contributed by atoms with E-state index in [-0.39, 0.29) is 25.5 Å². The highest BCUT2D eigenvalue weighted by molar-refractivity contribution is 14.1. The van der Waals surface area contributed by atoms with E-state index in [2.05, 4.69) is 16.4 Å². The minimum atomic E-state index is -1.16. The summed E-state index contributed by atoms with van der Waals surface area (Å²) in [6.45, 7) is 0.199. The molecule has 47 heavy (non-hydrogen) atoms. The van der Waals surface area contributed by atoms with E-state index >= 15 is 0 Å². The Bertz CT molecular complexity index is 1620. The average Bonchev–Trinajstić information content (AvgIpc) is 3.81. The van der Waals surface area contributed by atoms with Crippen molar-refractivity contribution < 1.29 is 34.1 Å². The lowest BCUT2D eigenvalue weighted by Gasteiger charge is -2.41. The summed E-state index contributed by atoms with van der Waals surface area (Å²) in [5.74, 6) is 1.82. The number of fused-ring (bicyclic) bond motifs is 3. The Kier molecular flexibility index (Phi) is 10.5. The van der Waals surface area contributed by atoms with Crippen molar-refractivity contribution >= 4 is 51.6 Å². The van der Waals surface area contributed by atoms with E-state index in [4.69, 9.17) is 9.47 Å². The van der Waals surface area contributed by atoms with Gasteiger partial charge in [0.1, 0.15) is 18.5 Å². The van der Waals surface area contributed by atoms with Crippen LogP contribution in [0, 0.1) is 21.3 Å². The minimum Gasteiger partial charge on any atom is -0.493 e. The van der Waals surface area contributed by atoms with Crippen LogP contribution in [0.15, 0.2) is 54.1 Å². The van der Waals surface area contributed by atoms with Gasteiger partial charge in [0.2, 0.25) is 11.8 Å². The second-order valence-electron chi connectivity index (χ2n) is 13.0. The number of nitrogens with one attached hydrogen (secondary N) is 2. The van der Waals surface area contributed by atoms with Crippen molar-refractivity contribution in [3.8, 4) is 11.5 Å². The Hall–Kier alpha value is -3.42. The number of hydrogen-bond donors (Lipinski definition) is 4. The molecule has 1 heterocycles. The maximum Gasteiger partial charge on any atom is 0.247 e. The predicted octanol–water partition coefficient (Wildman–Crippen LogP) is 4.41. The molecule has 2 aromatic carbocycles. The lowest BCUT2D eigenvalue weighted by Crippen LogP contribution is -2.55. The summed E-state index contributed by atoms with van der Waals surface area (Å²) in [5, 5.41) is 25.1. The van der Waals surface area contributed by atoms with Gasteiger partial charge < -0.3 is 34.9 Å². The zero-order chi connectivity index (χ0) is 33.1. The van der Waals surface area contributed by atoms with Gasteiger partial charge in [0.05, 0.1) is 23.3 Å². The molecule has 3 aliphatic carbocycles. The van der Waals surface area contributed by atoms with E-state index in [0.717, 1.165) is 29.3 Å². The van der Waals surface area contributed by atoms with E-state index < -0.39 is 24.2 Å². The molecule has 2 bridgehead atoms. The van der Waals surface area contributed by atoms with Crippen LogP contribution in [0.2, 0.25) is 0 Å². The summed E-state index contributed by atoms with van der Waals surface area (Å²) < 4.78 is 12.5. The number of carbonyl (C=O) groups excluding carboxylic acids is 3. The van der Waals surface area contributed by atoms with Gasteiger partial charge >= 0.3 is 0 Å². The van der Waals surface area contributed by atoms with Crippen molar-refractivity contribution in [1.29, 1.82) is 0 Å². The van der Waals surface area contributed by atoms with E-state index in [1.807, 2.05) is 46.9 Å². The van der Waals surface area contributed by atoms with Crippen molar-refractivity contribution in [3.63, 3.8) is 0 Å². The normalized spacial score (nSPS) is 25.0. The van der Waals surface area contributed by atoms with Gasteiger partial charge in [-0.05, 0) is 95.3 Å². The lowest BCUT2D eigenvalue weighted by molar-refractivity contribution is -0.140. The Balaban J connectivity index is 1.32. The number of aldehydes is 1. The van der Waals surface area contributed by atoms with E-state index in [1.54, 1.807) is 23.1 Å². The number of halogens is 1. The molecule has 2 fully saturated rings. The predicted molar refractivity (Wildman–Crippen MR) is 185 cm³/mol. The molecule has 6 atom stereocenters. The molecule has 1 aromatic heterocycles. The first-order chi connectivity index (χ1) is 22.8. The molecule has 0 radical (unpaired) electrons.